The van der Waals surface area contributed by atoms with Gasteiger partial charge in [-0.15, -0.1) is 13.2 Å². The van der Waals surface area contributed by atoms with Crippen molar-refractivity contribution in [3.8, 4) is 0 Å². The van der Waals surface area contributed by atoms with Crippen molar-refractivity contribution in [2.24, 2.45) is 0 Å². The number of halogens is 3. The van der Waals surface area contributed by atoms with Gasteiger partial charge in [0.05, 0.1) is 11.1 Å². The number of carboxylic acid groups (broad SMARTS) is 1. The third-order valence-corrected chi connectivity index (χ3v) is 1.43. The Labute approximate surface area is 86.5 Å². The van der Waals surface area contributed by atoms with E-state index < -0.39 is 29.4 Å². The van der Waals surface area contributed by atoms with Crippen molar-refractivity contribution in [3.63, 3.8) is 0 Å². The number of carboxylic acids is 1. The molecule has 0 unspecified atom stereocenters. The van der Waals surface area contributed by atoms with Crippen molar-refractivity contribution in [3.05, 3.63) is 29.6 Å². The number of ether oxygens (including phenoxy) is 1. The number of esters is 1. The molecule has 1 heterocycles. The topological polar surface area (TPSA) is 76.5 Å². The highest BCUT2D eigenvalue weighted by molar-refractivity contribution is 5.93. The maximum Gasteiger partial charge on any atom is 0.575 e. The third-order valence-electron chi connectivity index (χ3n) is 1.43. The summed E-state index contributed by atoms with van der Waals surface area (Å²) in [6.45, 7) is 0. The van der Waals surface area contributed by atoms with Crippen LogP contribution < -0.4 is 0 Å². The lowest BCUT2D eigenvalue weighted by atomic mass is 10.2. The van der Waals surface area contributed by atoms with Crippen molar-refractivity contribution in [2.75, 3.05) is 0 Å². The number of rotatable bonds is 2. The summed E-state index contributed by atoms with van der Waals surface area (Å²) in [6.07, 6.45) is -3.44. The zero-order chi connectivity index (χ0) is 12.3. The van der Waals surface area contributed by atoms with E-state index in [2.05, 4.69) is 9.72 Å². The molecular weight excluding hydrogens is 231 g/mol. The number of carbonyl (C=O) groups is 2. The molecule has 0 aliphatic carbocycles. The van der Waals surface area contributed by atoms with Gasteiger partial charge in [-0.3, -0.25) is 4.98 Å². The van der Waals surface area contributed by atoms with Crippen molar-refractivity contribution < 1.29 is 32.6 Å². The molecule has 1 N–H and O–H groups in total. The molecule has 0 atom stereocenters. The van der Waals surface area contributed by atoms with Crippen LogP contribution >= 0.6 is 0 Å². The molecule has 86 valence electrons. The molecule has 0 aliphatic heterocycles. The number of aromatic carboxylic acids is 1. The lowest BCUT2D eigenvalue weighted by molar-refractivity contribution is -0.291. The van der Waals surface area contributed by atoms with Gasteiger partial charge in [0, 0.05) is 12.4 Å². The summed E-state index contributed by atoms with van der Waals surface area (Å²) in [5.74, 6) is -3.11. The van der Waals surface area contributed by atoms with Crippen molar-refractivity contribution in [1.29, 1.82) is 0 Å². The number of alkyl halides is 3. The Morgan fingerprint density at radius 1 is 1.25 bits per heavy atom. The van der Waals surface area contributed by atoms with Gasteiger partial charge in [-0.2, -0.15) is 0 Å². The molecule has 0 aliphatic rings. The Morgan fingerprint density at radius 3 is 2.31 bits per heavy atom. The first kappa shape index (κ1) is 12.0. The van der Waals surface area contributed by atoms with E-state index >= 15 is 0 Å². The summed E-state index contributed by atoms with van der Waals surface area (Å²) >= 11 is 0. The molecule has 0 saturated carbocycles. The monoisotopic (exact) mass is 235 g/mol. The predicted molar refractivity (Wildman–Crippen MR) is 42.7 cm³/mol. The van der Waals surface area contributed by atoms with Crippen molar-refractivity contribution in [1.82, 2.24) is 4.98 Å². The van der Waals surface area contributed by atoms with Gasteiger partial charge >= 0.3 is 18.3 Å². The largest absolute Gasteiger partial charge is 0.575 e. The Balaban J connectivity index is 2.92. The number of carbonyl (C=O) groups excluding carboxylic acids is 1. The Kier molecular flexibility index (Phi) is 3.11. The average molecular weight is 235 g/mol. The minimum Gasteiger partial charge on any atom is -0.478 e. The first-order chi connectivity index (χ1) is 7.29. The van der Waals surface area contributed by atoms with Crippen molar-refractivity contribution in [2.45, 2.75) is 6.36 Å². The van der Waals surface area contributed by atoms with Gasteiger partial charge < -0.3 is 9.84 Å². The van der Waals surface area contributed by atoms with E-state index in [9.17, 15) is 22.8 Å². The summed E-state index contributed by atoms with van der Waals surface area (Å²) in [6, 6.07) is 0.739. The minimum atomic E-state index is -5.11. The van der Waals surface area contributed by atoms with Gasteiger partial charge in [0.15, 0.2) is 0 Å². The van der Waals surface area contributed by atoms with Gasteiger partial charge in [-0.1, -0.05) is 0 Å². The Bertz CT molecular complexity index is 430. The molecule has 0 spiro atoms. The van der Waals surface area contributed by atoms with E-state index in [1.54, 1.807) is 0 Å². The normalized spacial score (nSPS) is 10.9. The lowest BCUT2D eigenvalue weighted by Crippen LogP contribution is -2.19. The molecule has 8 heteroatoms. The molecule has 0 fully saturated rings. The van der Waals surface area contributed by atoms with Gasteiger partial charge in [0.25, 0.3) is 0 Å². The lowest BCUT2D eigenvalue weighted by Gasteiger charge is -2.06. The number of pyridine rings is 1. The van der Waals surface area contributed by atoms with Gasteiger partial charge in [-0.25, -0.2) is 9.59 Å². The summed E-state index contributed by atoms with van der Waals surface area (Å²) in [7, 11) is 0. The van der Waals surface area contributed by atoms with Crippen LogP contribution in [-0.4, -0.2) is 28.4 Å². The Hall–Kier alpha value is -2.12. The predicted octanol–water partition coefficient (Wildman–Crippen LogP) is 1.46. The standard InChI is InChI=1S/C8H4F3NO4/c9-8(10,11)16-7(15)5-1-4(6(13)14)2-12-3-5/h1-3H,(H,13,14). The third kappa shape index (κ3) is 3.23. The molecule has 0 radical (unpaired) electrons. The van der Waals surface area contributed by atoms with Crippen LogP contribution in [0.2, 0.25) is 0 Å². The Morgan fingerprint density at radius 2 is 1.81 bits per heavy atom. The number of nitrogens with zero attached hydrogens (tertiary/aromatic N) is 1. The van der Waals surface area contributed by atoms with E-state index in [1.165, 1.54) is 0 Å². The van der Waals surface area contributed by atoms with Crippen LogP contribution in [0.5, 0.6) is 0 Å². The quantitative estimate of drug-likeness (QED) is 0.785. The molecule has 16 heavy (non-hydrogen) atoms. The first-order valence-electron chi connectivity index (χ1n) is 3.78. The second kappa shape index (κ2) is 4.17. The van der Waals surface area contributed by atoms with Gasteiger partial charge in [0.2, 0.25) is 0 Å². The maximum atomic E-state index is 11.7. The van der Waals surface area contributed by atoms with E-state index in [0.717, 1.165) is 18.5 Å². The minimum absolute atomic E-state index is 0.406. The summed E-state index contributed by atoms with van der Waals surface area (Å²) in [4.78, 5) is 24.6. The summed E-state index contributed by atoms with van der Waals surface area (Å²) in [5.41, 5.74) is -0.992. The van der Waals surface area contributed by atoms with E-state index in [1.807, 2.05) is 0 Å². The molecule has 1 rings (SSSR count). The van der Waals surface area contributed by atoms with Crippen LogP contribution in [0, 0.1) is 0 Å². The van der Waals surface area contributed by atoms with E-state index in [0.29, 0.717) is 0 Å². The highest BCUT2D eigenvalue weighted by atomic mass is 19.4. The van der Waals surface area contributed by atoms with Crippen molar-refractivity contribution >= 4 is 11.9 Å². The van der Waals surface area contributed by atoms with Crippen LogP contribution in [0.1, 0.15) is 20.7 Å². The zero-order valence-corrected chi connectivity index (χ0v) is 7.49. The smallest absolute Gasteiger partial charge is 0.478 e. The highest BCUT2D eigenvalue weighted by Crippen LogP contribution is 2.18. The summed E-state index contributed by atoms with van der Waals surface area (Å²) < 4.78 is 38.1. The molecule has 1 aromatic rings. The van der Waals surface area contributed by atoms with E-state index in [-0.39, 0.29) is 0 Å². The molecule has 1 aromatic heterocycles. The van der Waals surface area contributed by atoms with Crippen LogP contribution in [0.25, 0.3) is 0 Å². The molecular formula is C8H4F3NO4. The summed E-state index contributed by atoms with van der Waals surface area (Å²) in [5, 5.41) is 8.51. The number of hydrogen-bond donors (Lipinski definition) is 1. The number of aromatic nitrogens is 1. The highest BCUT2D eigenvalue weighted by Gasteiger charge is 2.34. The second-order valence-corrected chi connectivity index (χ2v) is 2.60. The second-order valence-electron chi connectivity index (χ2n) is 2.60. The molecule has 0 bridgehead atoms. The maximum absolute atomic E-state index is 11.7. The van der Waals surface area contributed by atoms with Crippen LogP contribution in [0.3, 0.4) is 0 Å². The molecule has 0 saturated heterocycles. The fourth-order valence-electron chi connectivity index (χ4n) is 0.833. The zero-order valence-electron chi connectivity index (χ0n) is 7.49. The molecule has 0 aromatic carbocycles. The van der Waals surface area contributed by atoms with Gasteiger partial charge in [-0.05, 0) is 6.07 Å². The average Bonchev–Trinajstić information content (AvgIpc) is 2.15. The first-order valence-corrected chi connectivity index (χ1v) is 3.78. The molecule has 0 amide bonds. The SMILES string of the molecule is O=C(O)c1cncc(C(=O)OC(F)(F)F)c1. The van der Waals surface area contributed by atoms with Crippen LogP contribution in [0.15, 0.2) is 18.5 Å². The fraction of sp³-hybridized carbons (Fsp3) is 0.125. The van der Waals surface area contributed by atoms with E-state index in [4.69, 9.17) is 5.11 Å². The van der Waals surface area contributed by atoms with Crippen LogP contribution in [0.4, 0.5) is 13.2 Å². The van der Waals surface area contributed by atoms with Crippen LogP contribution in [-0.2, 0) is 4.74 Å². The number of hydrogen-bond acceptors (Lipinski definition) is 4. The molecule has 5 nitrogen and oxygen atoms in total. The fourth-order valence-corrected chi connectivity index (χ4v) is 0.833. The van der Waals surface area contributed by atoms with Gasteiger partial charge in [0.1, 0.15) is 0 Å².